The molecule has 1 aliphatic heterocycles. The standard InChI is InChI=1S/C14H14BrN5O3S/c1-19-11(17-18-14(19)24)5-16-12(21)6-20-9-3-2-8(15)4-10(9)23-7-13(20)22/h2-4H,5-7H2,1H3,(H,16,21)(H,18,24). The lowest BCUT2D eigenvalue weighted by Gasteiger charge is -2.28. The van der Waals surface area contributed by atoms with Crippen molar-refractivity contribution in [2.24, 2.45) is 7.05 Å². The van der Waals surface area contributed by atoms with Crippen LogP contribution in [0.2, 0.25) is 0 Å². The Bertz CT molecular complexity index is 862. The first-order valence-corrected chi connectivity index (χ1v) is 8.25. The average Bonchev–Trinajstić information content (AvgIpc) is 2.87. The van der Waals surface area contributed by atoms with Crippen LogP contribution in [-0.4, -0.2) is 39.7 Å². The number of H-pyrrole nitrogens is 1. The maximum atomic E-state index is 12.2. The Hall–Kier alpha value is -2.20. The highest BCUT2D eigenvalue weighted by Gasteiger charge is 2.27. The number of nitrogens with zero attached hydrogens (tertiary/aromatic N) is 3. The van der Waals surface area contributed by atoms with Gasteiger partial charge in [-0.15, -0.1) is 0 Å². The molecule has 1 aromatic carbocycles. The number of nitrogens with one attached hydrogen (secondary N) is 2. The molecule has 1 aromatic heterocycles. The van der Waals surface area contributed by atoms with Crippen molar-refractivity contribution in [3.63, 3.8) is 0 Å². The minimum absolute atomic E-state index is 0.0916. The lowest BCUT2D eigenvalue weighted by Crippen LogP contribution is -2.45. The zero-order chi connectivity index (χ0) is 17.3. The number of rotatable bonds is 4. The largest absolute Gasteiger partial charge is 0.482 e. The van der Waals surface area contributed by atoms with Gasteiger partial charge in [0.25, 0.3) is 5.91 Å². The summed E-state index contributed by atoms with van der Waals surface area (Å²) in [6, 6.07) is 5.29. The summed E-state index contributed by atoms with van der Waals surface area (Å²) in [5, 5.41) is 9.40. The van der Waals surface area contributed by atoms with Gasteiger partial charge in [-0.1, -0.05) is 15.9 Å². The number of hydrogen-bond donors (Lipinski definition) is 2. The third-order valence-electron chi connectivity index (χ3n) is 3.58. The number of halogens is 1. The van der Waals surface area contributed by atoms with Crippen molar-refractivity contribution in [2.45, 2.75) is 6.54 Å². The Kier molecular flexibility index (Phi) is 4.67. The van der Waals surface area contributed by atoms with Gasteiger partial charge in [0.15, 0.2) is 17.2 Å². The highest BCUT2D eigenvalue weighted by molar-refractivity contribution is 9.10. The van der Waals surface area contributed by atoms with Gasteiger partial charge in [0.1, 0.15) is 12.3 Å². The SMILES string of the molecule is Cn1c(CNC(=O)CN2C(=O)COc3cc(Br)ccc32)n[nH]c1=S. The zero-order valence-electron chi connectivity index (χ0n) is 12.7. The molecule has 0 saturated carbocycles. The van der Waals surface area contributed by atoms with E-state index in [1.165, 1.54) is 4.90 Å². The molecule has 2 heterocycles. The maximum Gasteiger partial charge on any atom is 0.265 e. The van der Waals surface area contributed by atoms with Crippen LogP contribution >= 0.6 is 28.1 Å². The first kappa shape index (κ1) is 16.7. The summed E-state index contributed by atoms with van der Waals surface area (Å²) in [7, 11) is 1.76. The molecule has 126 valence electrons. The predicted octanol–water partition coefficient (Wildman–Crippen LogP) is 1.28. The van der Waals surface area contributed by atoms with Gasteiger partial charge < -0.3 is 14.6 Å². The predicted molar refractivity (Wildman–Crippen MR) is 92.2 cm³/mol. The molecular weight excluding hydrogens is 398 g/mol. The lowest BCUT2D eigenvalue weighted by atomic mass is 10.2. The van der Waals surface area contributed by atoms with E-state index in [9.17, 15) is 9.59 Å². The summed E-state index contributed by atoms with van der Waals surface area (Å²) in [6.07, 6.45) is 0. The summed E-state index contributed by atoms with van der Waals surface area (Å²) in [5.74, 6) is 0.600. The molecule has 0 radical (unpaired) electrons. The van der Waals surface area contributed by atoms with E-state index in [0.717, 1.165) is 4.47 Å². The number of aromatic amines is 1. The average molecular weight is 412 g/mol. The fourth-order valence-electron chi connectivity index (χ4n) is 2.27. The van der Waals surface area contributed by atoms with Crippen LogP contribution in [0.15, 0.2) is 22.7 Å². The molecule has 0 unspecified atom stereocenters. The Morgan fingerprint density at radius 1 is 1.54 bits per heavy atom. The van der Waals surface area contributed by atoms with E-state index in [0.29, 0.717) is 22.0 Å². The Balaban J connectivity index is 1.69. The Morgan fingerprint density at radius 3 is 3.04 bits per heavy atom. The zero-order valence-corrected chi connectivity index (χ0v) is 15.1. The van der Waals surface area contributed by atoms with Gasteiger partial charge in [0.05, 0.1) is 12.2 Å². The van der Waals surface area contributed by atoms with Crippen LogP contribution in [0.4, 0.5) is 5.69 Å². The minimum atomic E-state index is -0.298. The van der Waals surface area contributed by atoms with Crippen LogP contribution in [0.3, 0.4) is 0 Å². The summed E-state index contributed by atoms with van der Waals surface area (Å²) < 4.78 is 8.38. The number of carbonyl (C=O) groups is 2. The second-order valence-electron chi connectivity index (χ2n) is 5.16. The summed E-state index contributed by atoms with van der Waals surface area (Å²) in [6.45, 7) is 0.0320. The molecule has 0 fully saturated rings. The molecule has 24 heavy (non-hydrogen) atoms. The van der Waals surface area contributed by atoms with Crippen molar-refractivity contribution in [3.05, 3.63) is 33.3 Å². The van der Waals surface area contributed by atoms with Gasteiger partial charge in [-0.2, -0.15) is 5.10 Å². The topological polar surface area (TPSA) is 92.2 Å². The number of amides is 2. The van der Waals surface area contributed by atoms with Crippen LogP contribution < -0.4 is 15.0 Å². The minimum Gasteiger partial charge on any atom is -0.482 e. The van der Waals surface area contributed by atoms with Gasteiger partial charge in [0.2, 0.25) is 5.91 Å². The molecule has 8 nitrogen and oxygen atoms in total. The van der Waals surface area contributed by atoms with Crippen molar-refractivity contribution in [1.29, 1.82) is 0 Å². The number of aromatic nitrogens is 3. The summed E-state index contributed by atoms with van der Waals surface area (Å²) >= 11 is 8.37. The number of anilines is 1. The molecule has 0 spiro atoms. The summed E-state index contributed by atoms with van der Waals surface area (Å²) in [4.78, 5) is 25.7. The number of fused-ring (bicyclic) bond motifs is 1. The van der Waals surface area contributed by atoms with Gasteiger partial charge in [0, 0.05) is 11.5 Å². The van der Waals surface area contributed by atoms with Gasteiger partial charge in [-0.05, 0) is 30.4 Å². The molecule has 0 saturated heterocycles. The van der Waals surface area contributed by atoms with E-state index >= 15 is 0 Å². The second kappa shape index (κ2) is 6.73. The van der Waals surface area contributed by atoms with E-state index in [-0.39, 0.29) is 31.5 Å². The quantitative estimate of drug-likeness (QED) is 0.739. The number of ether oxygens (including phenoxy) is 1. The van der Waals surface area contributed by atoms with E-state index in [4.69, 9.17) is 17.0 Å². The van der Waals surface area contributed by atoms with Crippen LogP contribution in [0.1, 0.15) is 5.82 Å². The van der Waals surface area contributed by atoms with Crippen molar-refractivity contribution >= 4 is 45.6 Å². The van der Waals surface area contributed by atoms with Crippen molar-refractivity contribution in [3.8, 4) is 5.75 Å². The highest BCUT2D eigenvalue weighted by Crippen LogP contribution is 2.34. The molecule has 3 rings (SSSR count). The smallest absolute Gasteiger partial charge is 0.265 e. The van der Waals surface area contributed by atoms with E-state index in [1.807, 2.05) is 0 Å². The normalized spacial score (nSPS) is 13.4. The number of benzene rings is 1. The Labute approximate surface area is 150 Å². The van der Waals surface area contributed by atoms with Gasteiger partial charge in [-0.3, -0.25) is 19.6 Å². The molecule has 1 aliphatic rings. The third kappa shape index (κ3) is 3.34. The van der Waals surface area contributed by atoms with Crippen LogP contribution in [0.25, 0.3) is 0 Å². The number of hydrogen-bond acceptors (Lipinski definition) is 5. The van der Waals surface area contributed by atoms with E-state index in [2.05, 4.69) is 31.4 Å². The monoisotopic (exact) mass is 411 g/mol. The number of carbonyl (C=O) groups excluding carboxylic acids is 2. The van der Waals surface area contributed by atoms with Crippen molar-refractivity contribution < 1.29 is 14.3 Å². The fraction of sp³-hybridized carbons (Fsp3) is 0.286. The molecule has 10 heteroatoms. The lowest BCUT2D eigenvalue weighted by molar-refractivity contribution is -0.125. The van der Waals surface area contributed by atoms with E-state index < -0.39 is 0 Å². The van der Waals surface area contributed by atoms with Crippen molar-refractivity contribution in [2.75, 3.05) is 18.1 Å². The molecule has 0 bridgehead atoms. The van der Waals surface area contributed by atoms with Crippen LogP contribution in [0.5, 0.6) is 5.75 Å². The molecule has 2 N–H and O–H groups in total. The van der Waals surface area contributed by atoms with Gasteiger partial charge in [-0.25, -0.2) is 0 Å². The molecule has 2 aromatic rings. The third-order valence-corrected chi connectivity index (χ3v) is 4.44. The first-order valence-electron chi connectivity index (χ1n) is 7.05. The van der Waals surface area contributed by atoms with Gasteiger partial charge >= 0.3 is 0 Å². The molecule has 0 aliphatic carbocycles. The fourth-order valence-corrected chi connectivity index (χ4v) is 2.76. The first-order chi connectivity index (χ1) is 11.5. The van der Waals surface area contributed by atoms with Crippen LogP contribution in [-0.2, 0) is 23.2 Å². The highest BCUT2D eigenvalue weighted by atomic mass is 79.9. The van der Waals surface area contributed by atoms with Crippen molar-refractivity contribution in [1.82, 2.24) is 20.1 Å². The van der Waals surface area contributed by atoms with Crippen LogP contribution in [0, 0.1) is 4.77 Å². The summed E-state index contributed by atoms with van der Waals surface area (Å²) in [5.41, 5.74) is 0.572. The molecule has 0 atom stereocenters. The van der Waals surface area contributed by atoms with E-state index in [1.54, 1.807) is 29.8 Å². The molecule has 2 amide bonds. The molecular formula is C14H14BrN5O3S. The maximum absolute atomic E-state index is 12.2. The second-order valence-corrected chi connectivity index (χ2v) is 6.46. The Morgan fingerprint density at radius 2 is 2.33 bits per heavy atom.